The van der Waals surface area contributed by atoms with Crippen molar-refractivity contribution in [1.29, 1.82) is 0 Å². The number of benzene rings is 1. The van der Waals surface area contributed by atoms with Crippen molar-refractivity contribution in [3.05, 3.63) is 46.7 Å². The maximum atomic E-state index is 10.0. The molecule has 2 heterocycles. The lowest BCUT2D eigenvalue weighted by Crippen LogP contribution is -2.52. The van der Waals surface area contributed by atoms with E-state index in [0.717, 1.165) is 44.4 Å². The van der Waals surface area contributed by atoms with Crippen molar-refractivity contribution >= 4 is 23.0 Å². The molecule has 1 aliphatic rings. The topological polar surface area (TPSA) is 51.1 Å². The molecule has 0 bridgehead atoms. The highest BCUT2D eigenvalue weighted by Crippen LogP contribution is 2.27. The molecule has 0 amide bonds. The third kappa shape index (κ3) is 4.00. The molecule has 1 aliphatic heterocycles. The molecule has 128 valence electrons. The molecular formula is C18H24N4OS. The fourth-order valence-electron chi connectivity index (χ4n) is 2.87. The summed E-state index contributed by atoms with van der Waals surface area (Å²) in [5.74, 6) is 1.32. The molecule has 2 N–H and O–H groups in total. The van der Waals surface area contributed by atoms with Gasteiger partial charge in [0, 0.05) is 32.7 Å². The predicted octanol–water partition coefficient (Wildman–Crippen LogP) is 2.74. The summed E-state index contributed by atoms with van der Waals surface area (Å²) >= 11 is 1.71. The van der Waals surface area contributed by atoms with Crippen molar-refractivity contribution in [1.82, 2.24) is 10.2 Å². The van der Waals surface area contributed by atoms with Gasteiger partial charge in [0.2, 0.25) is 0 Å². The van der Waals surface area contributed by atoms with Crippen molar-refractivity contribution in [2.24, 2.45) is 4.99 Å². The van der Waals surface area contributed by atoms with Gasteiger partial charge in [-0.05, 0) is 41.4 Å². The molecule has 0 unspecified atom stereocenters. The number of thiophene rings is 1. The second kappa shape index (κ2) is 8.06. The van der Waals surface area contributed by atoms with E-state index in [-0.39, 0.29) is 0 Å². The van der Waals surface area contributed by atoms with E-state index >= 15 is 0 Å². The van der Waals surface area contributed by atoms with Crippen molar-refractivity contribution in [2.75, 3.05) is 37.6 Å². The molecule has 1 aromatic carbocycles. The fraction of sp³-hybridized carbons (Fsp3) is 0.389. The molecule has 6 heteroatoms. The van der Waals surface area contributed by atoms with Crippen LogP contribution >= 0.6 is 11.3 Å². The van der Waals surface area contributed by atoms with Gasteiger partial charge in [0.1, 0.15) is 5.75 Å². The monoisotopic (exact) mass is 344 g/mol. The predicted molar refractivity (Wildman–Crippen MR) is 101 cm³/mol. The lowest BCUT2D eigenvalue weighted by molar-refractivity contribution is 0.370. The normalized spacial score (nSPS) is 15.6. The third-order valence-electron chi connectivity index (χ3n) is 4.13. The highest BCUT2D eigenvalue weighted by molar-refractivity contribution is 7.07. The number of hydrogen-bond donors (Lipinski definition) is 2. The zero-order valence-corrected chi connectivity index (χ0v) is 14.8. The fourth-order valence-corrected chi connectivity index (χ4v) is 3.53. The zero-order valence-electron chi connectivity index (χ0n) is 14.0. The Bertz CT molecular complexity index is 663. The number of nitrogens with one attached hydrogen (secondary N) is 1. The van der Waals surface area contributed by atoms with E-state index in [2.05, 4.69) is 38.9 Å². The first-order chi connectivity index (χ1) is 11.8. The van der Waals surface area contributed by atoms with E-state index in [9.17, 15) is 5.11 Å². The highest BCUT2D eigenvalue weighted by atomic mass is 32.1. The number of para-hydroxylation sites is 2. The van der Waals surface area contributed by atoms with Crippen LogP contribution in [0.1, 0.15) is 12.5 Å². The molecule has 0 atom stereocenters. The third-order valence-corrected chi connectivity index (χ3v) is 4.86. The minimum Gasteiger partial charge on any atom is -0.506 e. The van der Waals surface area contributed by atoms with Crippen molar-refractivity contribution < 1.29 is 5.11 Å². The zero-order chi connectivity index (χ0) is 16.8. The number of guanidine groups is 1. The Labute approximate surface area is 147 Å². The Morgan fingerprint density at radius 1 is 1.21 bits per heavy atom. The van der Waals surface area contributed by atoms with E-state index in [1.165, 1.54) is 5.56 Å². The Balaban J connectivity index is 1.63. The number of phenols is 1. The number of anilines is 1. The van der Waals surface area contributed by atoms with Gasteiger partial charge in [-0.1, -0.05) is 12.1 Å². The van der Waals surface area contributed by atoms with Gasteiger partial charge >= 0.3 is 0 Å². The summed E-state index contributed by atoms with van der Waals surface area (Å²) < 4.78 is 0. The lowest BCUT2D eigenvalue weighted by atomic mass is 10.2. The summed E-state index contributed by atoms with van der Waals surface area (Å²) in [7, 11) is 0. The maximum absolute atomic E-state index is 10.0. The quantitative estimate of drug-likeness (QED) is 0.661. The van der Waals surface area contributed by atoms with Crippen LogP contribution in [-0.2, 0) is 6.54 Å². The molecule has 0 radical (unpaired) electrons. The average Bonchev–Trinajstić information content (AvgIpc) is 3.13. The van der Waals surface area contributed by atoms with Crippen LogP contribution in [0.5, 0.6) is 5.75 Å². The number of phenolic OH excluding ortho intramolecular Hbond substituents is 1. The van der Waals surface area contributed by atoms with Gasteiger partial charge in [-0.25, -0.2) is 4.99 Å². The van der Waals surface area contributed by atoms with E-state index in [4.69, 9.17) is 4.99 Å². The molecule has 2 aromatic rings. The number of nitrogens with zero attached hydrogens (tertiary/aromatic N) is 3. The minimum absolute atomic E-state index is 0.351. The summed E-state index contributed by atoms with van der Waals surface area (Å²) in [5.41, 5.74) is 2.17. The standard InChI is InChI=1S/C18H24N4OS/c1-2-19-18(20-13-15-7-12-24-14-15)22-10-8-21(9-11-22)16-5-3-4-6-17(16)23/h3-7,12,14,23H,2,8-11,13H2,1H3,(H,19,20). The van der Waals surface area contributed by atoms with Crippen molar-refractivity contribution in [2.45, 2.75) is 13.5 Å². The Hall–Kier alpha value is -2.21. The SMILES string of the molecule is CCNC(=NCc1ccsc1)N1CCN(c2ccccc2O)CC1. The van der Waals surface area contributed by atoms with Crippen molar-refractivity contribution in [3.8, 4) is 5.75 Å². The van der Waals surface area contributed by atoms with Crippen LogP contribution in [-0.4, -0.2) is 48.7 Å². The second-order valence-corrected chi connectivity index (χ2v) is 6.54. The smallest absolute Gasteiger partial charge is 0.194 e. The van der Waals surface area contributed by atoms with Gasteiger partial charge in [-0.3, -0.25) is 0 Å². The Morgan fingerprint density at radius 2 is 2.00 bits per heavy atom. The summed E-state index contributed by atoms with van der Waals surface area (Å²) in [5, 5.41) is 17.6. The number of aromatic hydroxyl groups is 1. The van der Waals surface area contributed by atoms with Crippen LogP contribution in [0.15, 0.2) is 46.1 Å². The van der Waals surface area contributed by atoms with Gasteiger partial charge in [-0.15, -0.1) is 0 Å². The first-order valence-electron chi connectivity index (χ1n) is 8.35. The van der Waals surface area contributed by atoms with E-state index in [1.54, 1.807) is 17.4 Å². The van der Waals surface area contributed by atoms with Crippen LogP contribution < -0.4 is 10.2 Å². The molecule has 0 spiro atoms. The summed E-state index contributed by atoms with van der Waals surface area (Å²) in [6.07, 6.45) is 0. The summed E-state index contributed by atoms with van der Waals surface area (Å²) in [6, 6.07) is 9.66. The number of piperazine rings is 1. The molecule has 5 nitrogen and oxygen atoms in total. The average molecular weight is 344 g/mol. The van der Waals surface area contributed by atoms with Gasteiger partial charge in [0.05, 0.1) is 12.2 Å². The van der Waals surface area contributed by atoms with Gasteiger partial charge < -0.3 is 20.2 Å². The summed E-state index contributed by atoms with van der Waals surface area (Å²) in [6.45, 7) is 7.21. The van der Waals surface area contributed by atoms with Crippen LogP contribution in [0.25, 0.3) is 0 Å². The summed E-state index contributed by atoms with van der Waals surface area (Å²) in [4.78, 5) is 9.29. The first kappa shape index (κ1) is 16.6. The number of hydrogen-bond acceptors (Lipinski definition) is 4. The number of rotatable bonds is 4. The van der Waals surface area contributed by atoms with Crippen molar-refractivity contribution in [3.63, 3.8) is 0 Å². The molecule has 3 rings (SSSR count). The Kier molecular flexibility index (Phi) is 5.59. The van der Waals surface area contributed by atoms with E-state index < -0.39 is 0 Å². The van der Waals surface area contributed by atoms with Crippen LogP contribution in [0.3, 0.4) is 0 Å². The van der Waals surface area contributed by atoms with Crippen LogP contribution in [0, 0.1) is 0 Å². The van der Waals surface area contributed by atoms with Gasteiger partial charge in [-0.2, -0.15) is 11.3 Å². The Morgan fingerprint density at radius 3 is 2.67 bits per heavy atom. The molecular weight excluding hydrogens is 320 g/mol. The van der Waals surface area contributed by atoms with Crippen LogP contribution in [0.4, 0.5) is 5.69 Å². The molecule has 0 aliphatic carbocycles. The largest absolute Gasteiger partial charge is 0.506 e. The van der Waals surface area contributed by atoms with E-state index in [1.807, 2.05) is 18.2 Å². The lowest BCUT2D eigenvalue weighted by Gasteiger charge is -2.37. The van der Waals surface area contributed by atoms with Gasteiger partial charge in [0.15, 0.2) is 5.96 Å². The maximum Gasteiger partial charge on any atom is 0.194 e. The minimum atomic E-state index is 0.351. The molecule has 0 saturated carbocycles. The molecule has 1 fully saturated rings. The van der Waals surface area contributed by atoms with Gasteiger partial charge in [0.25, 0.3) is 0 Å². The molecule has 1 saturated heterocycles. The highest BCUT2D eigenvalue weighted by Gasteiger charge is 2.21. The second-order valence-electron chi connectivity index (χ2n) is 5.76. The number of aliphatic imine (C=N–C) groups is 1. The molecule has 24 heavy (non-hydrogen) atoms. The van der Waals surface area contributed by atoms with Crippen LogP contribution in [0.2, 0.25) is 0 Å². The molecule has 1 aromatic heterocycles. The first-order valence-corrected chi connectivity index (χ1v) is 9.29. The van der Waals surface area contributed by atoms with E-state index in [0.29, 0.717) is 12.3 Å².